The summed E-state index contributed by atoms with van der Waals surface area (Å²) < 4.78 is 0. The molecule has 0 bridgehead atoms. The van der Waals surface area contributed by atoms with Crippen molar-refractivity contribution in [1.29, 1.82) is 0 Å². The third-order valence-electron chi connectivity index (χ3n) is 6.71. The molecule has 0 radical (unpaired) electrons. The van der Waals surface area contributed by atoms with Gasteiger partial charge in [-0.25, -0.2) is 4.79 Å². The van der Waals surface area contributed by atoms with Crippen LogP contribution in [0.15, 0.2) is 48.5 Å². The third kappa shape index (κ3) is 6.60. The van der Waals surface area contributed by atoms with Crippen LogP contribution in [-0.2, 0) is 10.8 Å². The van der Waals surface area contributed by atoms with E-state index in [-0.39, 0.29) is 34.9 Å². The number of nitrogens with one attached hydrogen (secondary N) is 3. The summed E-state index contributed by atoms with van der Waals surface area (Å²) in [6, 6.07) is 18.6. The summed E-state index contributed by atoms with van der Waals surface area (Å²) in [5.41, 5.74) is 5.60. The van der Waals surface area contributed by atoms with E-state index in [1.54, 1.807) is 0 Å². The van der Waals surface area contributed by atoms with Gasteiger partial charge in [0.05, 0.1) is 0 Å². The van der Waals surface area contributed by atoms with Crippen molar-refractivity contribution in [2.24, 2.45) is 0 Å². The quantitative estimate of drug-likeness (QED) is 0.518. The molecule has 3 N–H and O–H groups in total. The highest BCUT2D eigenvalue weighted by Gasteiger charge is 2.33. The number of rotatable bonds is 6. The molecule has 3 rings (SSSR count). The second-order valence-corrected chi connectivity index (χ2v) is 11.6. The summed E-state index contributed by atoms with van der Waals surface area (Å²) in [6.07, 6.45) is 1.85. The largest absolute Gasteiger partial charge is 0.338 e. The molecule has 0 saturated carbocycles. The summed E-state index contributed by atoms with van der Waals surface area (Å²) in [5.74, 6) is 0.235. The van der Waals surface area contributed by atoms with Crippen LogP contribution in [0.5, 0.6) is 0 Å². The van der Waals surface area contributed by atoms with E-state index in [4.69, 9.17) is 0 Å². The molecule has 1 heterocycles. The molecule has 4 nitrogen and oxygen atoms in total. The maximum atomic E-state index is 12.2. The number of hydrogen-bond acceptors (Lipinski definition) is 2. The van der Waals surface area contributed by atoms with Crippen molar-refractivity contribution in [2.45, 2.75) is 90.1 Å². The van der Waals surface area contributed by atoms with Crippen LogP contribution in [0.3, 0.4) is 0 Å². The number of amides is 2. The molecule has 0 aromatic heterocycles. The molecular formula is C29H43N3O. The minimum atomic E-state index is -0.0649. The minimum Gasteiger partial charge on any atom is -0.338 e. The monoisotopic (exact) mass is 449 g/mol. The van der Waals surface area contributed by atoms with E-state index in [1.165, 1.54) is 22.3 Å². The highest BCUT2D eigenvalue weighted by atomic mass is 16.2. The number of hydrogen-bond donors (Lipinski definition) is 3. The van der Waals surface area contributed by atoms with E-state index in [0.717, 1.165) is 19.4 Å². The van der Waals surface area contributed by atoms with Crippen LogP contribution in [0.1, 0.15) is 89.5 Å². The standard InChI is InChI=1S/C29H43N3O/c1-8-17-30-27(33)32-24-18-25(31-19-24)26(20-9-13-22(14-10-20)28(2,3)4)21-11-15-23(16-12-21)29(5,6)7/h9-16,24-26,31H,8,17-19H2,1-7H3,(H2,30,32,33)/t24-,25-/m1/s1. The topological polar surface area (TPSA) is 53.2 Å². The van der Waals surface area contributed by atoms with E-state index in [0.29, 0.717) is 6.54 Å². The molecule has 0 aliphatic carbocycles. The summed E-state index contributed by atoms with van der Waals surface area (Å²) in [7, 11) is 0. The van der Waals surface area contributed by atoms with Crippen molar-refractivity contribution in [3.63, 3.8) is 0 Å². The lowest BCUT2D eigenvalue weighted by Gasteiger charge is -2.27. The SMILES string of the molecule is CCCNC(=O)N[C@H]1CN[C@@H](C(c2ccc(C(C)(C)C)cc2)c2ccc(C(C)(C)C)cc2)C1. The predicted molar refractivity (Wildman–Crippen MR) is 139 cm³/mol. The zero-order valence-electron chi connectivity index (χ0n) is 21.6. The number of benzene rings is 2. The van der Waals surface area contributed by atoms with Gasteiger partial charge in [0.2, 0.25) is 0 Å². The Morgan fingerprint density at radius 2 is 1.39 bits per heavy atom. The van der Waals surface area contributed by atoms with Gasteiger partial charge in [-0.2, -0.15) is 0 Å². The fourth-order valence-electron chi connectivity index (χ4n) is 4.64. The lowest BCUT2D eigenvalue weighted by atomic mass is 9.80. The summed E-state index contributed by atoms with van der Waals surface area (Å²) >= 11 is 0. The lowest BCUT2D eigenvalue weighted by molar-refractivity contribution is 0.237. The molecule has 1 aliphatic rings. The fraction of sp³-hybridized carbons (Fsp3) is 0.552. The molecule has 1 fully saturated rings. The fourth-order valence-corrected chi connectivity index (χ4v) is 4.64. The molecule has 180 valence electrons. The van der Waals surface area contributed by atoms with Crippen molar-refractivity contribution >= 4 is 6.03 Å². The summed E-state index contributed by atoms with van der Waals surface area (Å²) in [5, 5.41) is 9.79. The first-order valence-corrected chi connectivity index (χ1v) is 12.5. The average molecular weight is 450 g/mol. The molecule has 2 aromatic carbocycles. The van der Waals surface area contributed by atoms with Crippen molar-refractivity contribution in [3.8, 4) is 0 Å². The van der Waals surface area contributed by atoms with Gasteiger partial charge in [-0.3, -0.25) is 0 Å². The van der Waals surface area contributed by atoms with Crippen LogP contribution in [0.25, 0.3) is 0 Å². The van der Waals surface area contributed by atoms with E-state index >= 15 is 0 Å². The number of carbonyl (C=O) groups is 1. The number of carbonyl (C=O) groups excluding carboxylic acids is 1. The van der Waals surface area contributed by atoms with Crippen LogP contribution < -0.4 is 16.0 Å². The van der Waals surface area contributed by atoms with Crippen molar-refractivity contribution < 1.29 is 4.79 Å². The molecule has 2 aromatic rings. The van der Waals surface area contributed by atoms with Crippen LogP contribution >= 0.6 is 0 Å². The zero-order valence-corrected chi connectivity index (χ0v) is 21.6. The van der Waals surface area contributed by atoms with Gasteiger partial charge in [0.15, 0.2) is 0 Å². The highest BCUT2D eigenvalue weighted by Crippen LogP contribution is 2.35. The molecule has 2 atom stereocenters. The molecule has 1 aliphatic heterocycles. The van der Waals surface area contributed by atoms with Gasteiger partial charge in [0, 0.05) is 31.1 Å². The van der Waals surface area contributed by atoms with Crippen LogP contribution in [0.4, 0.5) is 4.79 Å². The second kappa shape index (κ2) is 10.3. The van der Waals surface area contributed by atoms with E-state index < -0.39 is 0 Å². The molecule has 2 amide bonds. The lowest BCUT2D eigenvalue weighted by Crippen LogP contribution is -2.43. The summed E-state index contributed by atoms with van der Waals surface area (Å²) in [6.45, 7) is 17.1. The molecule has 0 spiro atoms. The predicted octanol–water partition coefficient (Wildman–Crippen LogP) is 5.85. The molecule has 1 saturated heterocycles. The normalized spacial score (nSPS) is 19.0. The average Bonchev–Trinajstić information content (AvgIpc) is 3.19. The van der Waals surface area contributed by atoms with Gasteiger partial charge in [-0.1, -0.05) is 97.0 Å². The summed E-state index contributed by atoms with van der Waals surface area (Å²) in [4.78, 5) is 12.2. The second-order valence-electron chi connectivity index (χ2n) is 11.6. The first-order valence-electron chi connectivity index (χ1n) is 12.5. The molecular weight excluding hydrogens is 406 g/mol. The van der Waals surface area contributed by atoms with Crippen molar-refractivity contribution in [3.05, 3.63) is 70.8 Å². The Kier molecular flexibility index (Phi) is 7.89. The third-order valence-corrected chi connectivity index (χ3v) is 6.71. The molecule has 4 heteroatoms. The number of urea groups is 1. The van der Waals surface area contributed by atoms with Crippen LogP contribution in [0, 0.1) is 0 Å². The molecule has 33 heavy (non-hydrogen) atoms. The Morgan fingerprint density at radius 1 is 0.909 bits per heavy atom. The van der Waals surface area contributed by atoms with Gasteiger partial charge >= 0.3 is 6.03 Å². The van der Waals surface area contributed by atoms with Gasteiger partial charge in [-0.05, 0) is 45.9 Å². The Hall–Kier alpha value is -2.33. The van der Waals surface area contributed by atoms with E-state index in [1.807, 2.05) is 0 Å². The Bertz CT molecular complexity index is 846. The van der Waals surface area contributed by atoms with Crippen molar-refractivity contribution in [2.75, 3.05) is 13.1 Å². The maximum absolute atomic E-state index is 12.2. The Morgan fingerprint density at radius 3 is 1.82 bits per heavy atom. The first kappa shape index (κ1) is 25.3. The van der Waals surface area contributed by atoms with Crippen molar-refractivity contribution in [1.82, 2.24) is 16.0 Å². The molecule has 0 unspecified atom stereocenters. The Balaban J connectivity index is 1.86. The Labute approximate surface area is 200 Å². The van der Waals surface area contributed by atoms with Crippen LogP contribution in [0.2, 0.25) is 0 Å². The highest BCUT2D eigenvalue weighted by molar-refractivity contribution is 5.74. The smallest absolute Gasteiger partial charge is 0.315 e. The van der Waals surface area contributed by atoms with Gasteiger partial charge < -0.3 is 16.0 Å². The van der Waals surface area contributed by atoms with Gasteiger partial charge in [0.25, 0.3) is 0 Å². The van der Waals surface area contributed by atoms with Gasteiger partial charge in [-0.15, -0.1) is 0 Å². The van der Waals surface area contributed by atoms with Crippen LogP contribution in [-0.4, -0.2) is 31.2 Å². The minimum absolute atomic E-state index is 0.0649. The van der Waals surface area contributed by atoms with Gasteiger partial charge in [0.1, 0.15) is 0 Å². The van der Waals surface area contributed by atoms with E-state index in [2.05, 4.69) is 113 Å². The zero-order chi connectivity index (χ0) is 24.2. The first-order chi connectivity index (χ1) is 15.5. The van der Waals surface area contributed by atoms with E-state index in [9.17, 15) is 4.79 Å². The maximum Gasteiger partial charge on any atom is 0.315 e.